The molecule has 0 unspecified atom stereocenters. The summed E-state index contributed by atoms with van der Waals surface area (Å²) in [4.78, 5) is 12.2. The lowest BCUT2D eigenvalue weighted by atomic mass is 9.57. The van der Waals surface area contributed by atoms with Crippen LogP contribution >= 0.6 is 0 Å². The standard InChI is InChI=1S/C22H31NO6S/c1-14-9-10-18-15(2)19(13-23-30(24,25)16-7-5-4-6-8-16)26-20-22(18)17(14)11-12-21(3,27-20)28-29-22/h4-8,14-15,17-20,23H,9-13H2,1-3H3/t14-,15-,17+,18+,19-,20-,21-,22-/m1/s1. The molecule has 1 spiro atoms. The van der Waals surface area contributed by atoms with Crippen LogP contribution in [0, 0.1) is 23.7 Å². The van der Waals surface area contributed by atoms with Crippen molar-refractivity contribution in [1.82, 2.24) is 4.72 Å². The Balaban J connectivity index is 1.40. The number of nitrogens with one attached hydrogen (secondary N) is 1. The fourth-order valence-corrected chi connectivity index (χ4v) is 7.15. The molecule has 4 aliphatic heterocycles. The highest BCUT2D eigenvalue weighted by Gasteiger charge is 2.69. The Morgan fingerprint density at radius 2 is 1.83 bits per heavy atom. The SMILES string of the molecule is C[C@H]1[C@@H](CNS(=O)(=O)c2ccccc2)O[C@@H]2O[C@@]3(C)CC[C@H]4[C@H](C)CC[C@@H]1[C@@]24OO3. The summed E-state index contributed by atoms with van der Waals surface area (Å²) in [5, 5.41) is 0. The van der Waals surface area contributed by atoms with E-state index in [0.29, 0.717) is 11.8 Å². The topological polar surface area (TPSA) is 83.1 Å². The van der Waals surface area contributed by atoms with Gasteiger partial charge in [0.25, 0.3) is 0 Å². The highest BCUT2D eigenvalue weighted by molar-refractivity contribution is 7.89. The predicted octanol–water partition coefficient (Wildman–Crippen LogP) is 3.22. The second kappa shape index (κ2) is 7.25. The van der Waals surface area contributed by atoms with Gasteiger partial charge in [0.2, 0.25) is 15.8 Å². The molecule has 166 valence electrons. The number of hydrogen-bond acceptors (Lipinski definition) is 6. The maximum absolute atomic E-state index is 12.7. The van der Waals surface area contributed by atoms with E-state index >= 15 is 0 Å². The van der Waals surface area contributed by atoms with Crippen molar-refractivity contribution in [3.05, 3.63) is 30.3 Å². The van der Waals surface area contributed by atoms with Gasteiger partial charge in [-0.2, -0.15) is 0 Å². The molecule has 6 rings (SSSR count). The lowest BCUT2D eigenvalue weighted by molar-refractivity contribution is -0.570. The van der Waals surface area contributed by atoms with Gasteiger partial charge in [-0.15, -0.1) is 0 Å². The maximum atomic E-state index is 12.7. The maximum Gasteiger partial charge on any atom is 0.240 e. The summed E-state index contributed by atoms with van der Waals surface area (Å²) < 4.78 is 40.9. The van der Waals surface area contributed by atoms with Gasteiger partial charge in [-0.05, 0) is 56.1 Å². The van der Waals surface area contributed by atoms with E-state index in [1.54, 1.807) is 30.3 Å². The first-order chi connectivity index (χ1) is 14.3. The van der Waals surface area contributed by atoms with Crippen LogP contribution in [-0.4, -0.2) is 38.7 Å². The van der Waals surface area contributed by atoms with Crippen molar-refractivity contribution in [2.45, 2.75) is 75.1 Å². The second-order valence-electron chi connectivity index (χ2n) is 9.61. The Kier molecular flexibility index (Phi) is 5.04. The molecule has 0 radical (unpaired) electrons. The molecular formula is C22H31NO6S. The van der Waals surface area contributed by atoms with E-state index in [2.05, 4.69) is 18.6 Å². The van der Waals surface area contributed by atoms with Crippen LogP contribution in [0.4, 0.5) is 0 Å². The van der Waals surface area contributed by atoms with Gasteiger partial charge < -0.3 is 9.47 Å². The number of sulfonamides is 1. The fraction of sp³-hybridized carbons (Fsp3) is 0.727. The zero-order chi connectivity index (χ0) is 21.1. The number of fused-ring (bicyclic) bond motifs is 2. The second-order valence-corrected chi connectivity index (χ2v) is 11.4. The van der Waals surface area contributed by atoms with E-state index in [1.165, 1.54) is 0 Å². The van der Waals surface area contributed by atoms with Crippen molar-refractivity contribution in [2.75, 3.05) is 6.54 Å². The predicted molar refractivity (Wildman–Crippen MR) is 108 cm³/mol. The highest BCUT2D eigenvalue weighted by atomic mass is 32.2. The molecule has 4 heterocycles. The van der Waals surface area contributed by atoms with Crippen LogP contribution in [0.1, 0.15) is 46.5 Å². The molecular weight excluding hydrogens is 406 g/mol. The first kappa shape index (κ1) is 20.8. The average molecular weight is 438 g/mol. The Labute approximate surface area is 178 Å². The summed E-state index contributed by atoms with van der Waals surface area (Å²) in [5.74, 6) is 0.262. The van der Waals surface area contributed by atoms with Gasteiger partial charge in [0, 0.05) is 18.9 Å². The molecule has 0 aromatic heterocycles. The number of benzene rings is 1. The minimum atomic E-state index is -3.60. The molecule has 7 nitrogen and oxygen atoms in total. The summed E-state index contributed by atoms with van der Waals surface area (Å²) in [6.07, 6.45) is 2.99. The molecule has 8 atom stereocenters. The van der Waals surface area contributed by atoms with Gasteiger partial charge in [0.1, 0.15) is 0 Å². The molecule has 0 amide bonds. The smallest absolute Gasteiger partial charge is 0.240 e. The number of hydrogen-bond donors (Lipinski definition) is 1. The van der Waals surface area contributed by atoms with Crippen molar-refractivity contribution in [3.63, 3.8) is 0 Å². The number of rotatable bonds is 4. The highest BCUT2D eigenvalue weighted by Crippen LogP contribution is 2.60. The summed E-state index contributed by atoms with van der Waals surface area (Å²) in [5.41, 5.74) is -0.623. The van der Waals surface area contributed by atoms with Crippen LogP contribution in [0.15, 0.2) is 35.2 Å². The quantitative estimate of drug-likeness (QED) is 0.729. The van der Waals surface area contributed by atoms with E-state index in [4.69, 9.17) is 19.2 Å². The first-order valence-corrected chi connectivity index (χ1v) is 12.5. The third-order valence-corrected chi connectivity index (χ3v) is 9.26. The monoisotopic (exact) mass is 437 g/mol. The third-order valence-electron chi connectivity index (χ3n) is 7.82. The van der Waals surface area contributed by atoms with Gasteiger partial charge in [-0.3, -0.25) is 0 Å². The van der Waals surface area contributed by atoms with E-state index in [-0.39, 0.29) is 29.4 Å². The van der Waals surface area contributed by atoms with Crippen molar-refractivity contribution < 1.29 is 27.7 Å². The van der Waals surface area contributed by atoms with Crippen LogP contribution in [0.25, 0.3) is 0 Å². The fourth-order valence-electron chi connectivity index (χ4n) is 6.09. The van der Waals surface area contributed by atoms with Gasteiger partial charge in [0.05, 0.1) is 11.0 Å². The zero-order valence-electron chi connectivity index (χ0n) is 17.7. The molecule has 1 saturated carbocycles. The van der Waals surface area contributed by atoms with Crippen molar-refractivity contribution in [2.24, 2.45) is 23.7 Å². The van der Waals surface area contributed by atoms with Gasteiger partial charge in [-0.25, -0.2) is 22.9 Å². The van der Waals surface area contributed by atoms with E-state index in [0.717, 1.165) is 25.7 Å². The zero-order valence-corrected chi connectivity index (χ0v) is 18.6. The van der Waals surface area contributed by atoms with Crippen LogP contribution in [-0.2, 0) is 29.3 Å². The van der Waals surface area contributed by atoms with E-state index in [9.17, 15) is 8.42 Å². The summed E-state index contributed by atoms with van der Waals surface area (Å²) in [7, 11) is -3.60. The molecule has 2 bridgehead atoms. The molecule has 8 heteroatoms. The average Bonchev–Trinajstić information content (AvgIpc) is 2.96. The summed E-state index contributed by atoms with van der Waals surface area (Å²) in [6, 6.07) is 8.42. The Hall–Kier alpha value is -1.03. The third kappa shape index (κ3) is 3.15. The minimum Gasteiger partial charge on any atom is -0.344 e. The molecule has 1 N–H and O–H groups in total. The molecule has 4 saturated heterocycles. The largest absolute Gasteiger partial charge is 0.344 e. The number of ether oxygens (including phenoxy) is 2. The van der Waals surface area contributed by atoms with Gasteiger partial charge >= 0.3 is 0 Å². The Bertz CT molecular complexity index is 894. The normalized spacial score (nSPS) is 45.6. The Morgan fingerprint density at radius 3 is 2.60 bits per heavy atom. The summed E-state index contributed by atoms with van der Waals surface area (Å²) >= 11 is 0. The van der Waals surface area contributed by atoms with Crippen molar-refractivity contribution in [3.8, 4) is 0 Å². The van der Waals surface area contributed by atoms with Crippen molar-refractivity contribution in [1.29, 1.82) is 0 Å². The van der Waals surface area contributed by atoms with Gasteiger partial charge in [-0.1, -0.05) is 32.0 Å². The van der Waals surface area contributed by atoms with E-state index < -0.39 is 27.7 Å². The molecule has 1 aliphatic carbocycles. The minimum absolute atomic E-state index is 0.101. The van der Waals surface area contributed by atoms with Crippen molar-refractivity contribution >= 4 is 10.0 Å². The molecule has 1 aromatic carbocycles. The molecule has 30 heavy (non-hydrogen) atoms. The lowest BCUT2D eigenvalue weighted by Crippen LogP contribution is -2.71. The van der Waals surface area contributed by atoms with Crippen LogP contribution in [0.3, 0.4) is 0 Å². The van der Waals surface area contributed by atoms with Crippen LogP contribution in [0.5, 0.6) is 0 Å². The summed E-state index contributed by atoms with van der Waals surface area (Å²) in [6.45, 7) is 6.50. The van der Waals surface area contributed by atoms with E-state index in [1.807, 2.05) is 6.92 Å². The van der Waals surface area contributed by atoms with Gasteiger partial charge in [0.15, 0.2) is 11.9 Å². The lowest BCUT2D eigenvalue weighted by Gasteiger charge is -2.60. The molecule has 5 aliphatic rings. The van der Waals surface area contributed by atoms with Crippen LogP contribution in [0.2, 0.25) is 0 Å². The first-order valence-electron chi connectivity index (χ1n) is 11.0. The Morgan fingerprint density at radius 1 is 1.07 bits per heavy atom. The molecule has 1 aromatic rings. The molecule has 5 fully saturated rings. The van der Waals surface area contributed by atoms with Crippen LogP contribution < -0.4 is 4.72 Å².